The fourth-order valence-corrected chi connectivity index (χ4v) is 2.39. The molecule has 3 nitrogen and oxygen atoms in total. The van der Waals surface area contributed by atoms with Crippen molar-refractivity contribution in [1.29, 1.82) is 0 Å². The summed E-state index contributed by atoms with van der Waals surface area (Å²) in [6.45, 7) is 0. The lowest BCUT2D eigenvalue weighted by Crippen LogP contribution is -2.00. The van der Waals surface area contributed by atoms with Crippen LogP contribution in [0.15, 0.2) is 61.2 Å². The van der Waals surface area contributed by atoms with Gasteiger partial charge in [-0.3, -0.25) is 0 Å². The molecule has 3 rings (SSSR count). The summed E-state index contributed by atoms with van der Waals surface area (Å²) in [5.74, 6) is -0.811. The Morgan fingerprint density at radius 2 is 1.73 bits per heavy atom. The zero-order chi connectivity index (χ0) is 15.5. The van der Waals surface area contributed by atoms with Gasteiger partial charge in [-0.15, -0.1) is 0 Å². The third-order valence-electron chi connectivity index (χ3n) is 3.10. The first-order chi connectivity index (χ1) is 10.7. The number of hydrogen-bond donors (Lipinski definition) is 0. The molecule has 0 N–H and O–H groups in total. The van der Waals surface area contributed by atoms with Gasteiger partial charge < -0.3 is 0 Å². The Kier molecular flexibility index (Phi) is 3.98. The van der Waals surface area contributed by atoms with Crippen LogP contribution in [0.1, 0.15) is 11.1 Å². The third-order valence-corrected chi connectivity index (χ3v) is 3.46. The standard InChI is InChI=1S/C16H10ClF2N3/c17-16(22-10-20-9-21-22)15(11-5-7-12(18)8-6-11)13-3-1-2-4-14(13)19/h1-10H/b16-15+. The summed E-state index contributed by atoms with van der Waals surface area (Å²) >= 11 is 6.37. The quantitative estimate of drug-likeness (QED) is 0.726. The molecule has 0 radical (unpaired) electrons. The Morgan fingerprint density at radius 3 is 2.36 bits per heavy atom. The van der Waals surface area contributed by atoms with E-state index in [1.165, 1.54) is 47.7 Å². The summed E-state index contributed by atoms with van der Waals surface area (Å²) < 4.78 is 28.7. The number of rotatable bonds is 3. The first kappa shape index (κ1) is 14.4. The first-order valence-corrected chi connectivity index (χ1v) is 6.80. The maximum Gasteiger partial charge on any atom is 0.140 e. The van der Waals surface area contributed by atoms with Crippen molar-refractivity contribution in [1.82, 2.24) is 14.8 Å². The molecule has 6 heteroatoms. The van der Waals surface area contributed by atoms with Crippen molar-refractivity contribution < 1.29 is 8.78 Å². The van der Waals surface area contributed by atoms with Gasteiger partial charge in [-0.05, 0) is 23.8 Å². The van der Waals surface area contributed by atoms with E-state index in [9.17, 15) is 8.78 Å². The van der Waals surface area contributed by atoms with Gasteiger partial charge in [0.05, 0.1) is 0 Å². The third kappa shape index (κ3) is 2.76. The van der Waals surface area contributed by atoms with Gasteiger partial charge in [0.25, 0.3) is 0 Å². The van der Waals surface area contributed by atoms with Crippen LogP contribution in [0, 0.1) is 11.6 Å². The second-order valence-corrected chi connectivity index (χ2v) is 4.85. The highest BCUT2D eigenvalue weighted by atomic mass is 35.5. The lowest BCUT2D eigenvalue weighted by Gasteiger charge is -2.12. The summed E-state index contributed by atoms with van der Waals surface area (Å²) in [6.07, 6.45) is 2.73. The summed E-state index contributed by atoms with van der Waals surface area (Å²) in [4.78, 5) is 3.83. The van der Waals surface area contributed by atoms with Gasteiger partial charge in [-0.1, -0.05) is 41.9 Å². The predicted octanol–water partition coefficient (Wildman–Crippen LogP) is 4.17. The fourth-order valence-electron chi connectivity index (χ4n) is 2.09. The summed E-state index contributed by atoms with van der Waals surface area (Å²) in [5, 5.41) is 4.13. The number of hydrogen-bond acceptors (Lipinski definition) is 2. The molecule has 0 aliphatic heterocycles. The number of benzene rings is 2. The maximum atomic E-state index is 14.2. The highest BCUT2D eigenvalue weighted by Crippen LogP contribution is 2.32. The van der Waals surface area contributed by atoms with E-state index in [1.807, 2.05) is 0 Å². The molecule has 0 saturated carbocycles. The SMILES string of the molecule is Fc1ccc(/C(=C(/Cl)n2cncn2)c2ccccc2F)cc1. The van der Waals surface area contributed by atoms with Crippen LogP contribution in [0.2, 0.25) is 0 Å². The second-order valence-electron chi connectivity index (χ2n) is 4.49. The van der Waals surface area contributed by atoms with Gasteiger partial charge in [0.1, 0.15) is 29.4 Å². The summed E-state index contributed by atoms with van der Waals surface area (Å²) in [5.41, 5.74) is 1.28. The average Bonchev–Trinajstić information content (AvgIpc) is 3.05. The molecule has 2 aromatic carbocycles. The van der Waals surface area contributed by atoms with Gasteiger partial charge in [0.15, 0.2) is 0 Å². The van der Waals surface area contributed by atoms with E-state index in [2.05, 4.69) is 10.1 Å². The van der Waals surface area contributed by atoms with E-state index < -0.39 is 5.82 Å². The van der Waals surface area contributed by atoms with E-state index in [1.54, 1.807) is 18.2 Å². The van der Waals surface area contributed by atoms with Crippen LogP contribution in [0.4, 0.5) is 8.78 Å². The molecule has 0 atom stereocenters. The van der Waals surface area contributed by atoms with Crippen molar-refractivity contribution >= 4 is 22.3 Å². The molecule has 0 bridgehead atoms. The molecule has 0 unspecified atom stereocenters. The van der Waals surface area contributed by atoms with E-state index >= 15 is 0 Å². The molecule has 1 heterocycles. The van der Waals surface area contributed by atoms with Crippen LogP contribution >= 0.6 is 11.6 Å². The number of nitrogens with zero attached hydrogens (tertiary/aromatic N) is 3. The largest absolute Gasteiger partial charge is 0.223 e. The number of aromatic nitrogens is 3. The lowest BCUT2D eigenvalue weighted by atomic mass is 9.98. The minimum atomic E-state index is -0.430. The molecule has 0 fully saturated rings. The Labute approximate surface area is 130 Å². The maximum absolute atomic E-state index is 14.2. The zero-order valence-corrected chi connectivity index (χ0v) is 12.0. The van der Waals surface area contributed by atoms with E-state index in [-0.39, 0.29) is 11.0 Å². The Morgan fingerprint density at radius 1 is 1.00 bits per heavy atom. The van der Waals surface area contributed by atoms with Crippen LogP contribution in [0.25, 0.3) is 10.7 Å². The predicted molar refractivity (Wildman–Crippen MR) is 80.9 cm³/mol. The van der Waals surface area contributed by atoms with Gasteiger partial charge in [-0.2, -0.15) is 5.10 Å². The van der Waals surface area contributed by atoms with Crippen molar-refractivity contribution in [3.63, 3.8) is 0 Å². The van der Waals surface area contributed by atoms with Gasteiger partial charge in [-0.25, -0.2) is 18.4 Å². The molecule has 22 heavy (non-hydrogen) atoms. The second kappa shape index (κ2) is 6.07. The monoisotopic (exact) mass is 317 g/mol. The van der Waals surface area contributed by atoms with E-state index in [0.29, 0.717) is 16.7 Å². The van der Waals surface area contributed by atoms with Crippen LogP contribution in [0.5, 0.6) is 0 Å². The van der Waals surface area contributed by atoms with Gasteiger partial charge in [0, 0.05) is 11.1 Å². The van der Waals surface area contributed by atoms with Crippen LogP contribution in [-0.4, -0.2) is 14.8 Å². The summed E-state index contributed by atoms with van der Waals surface area (Å²) in [6, 6.07) is 11.9. The van der Waals surface area contributed by atoms with Gasteiger partial charge >= 0.3 is 0 Å². The zero-order valence-electron chi connectivity index (χ0n) is 11.2. The normalized spacial score (nSPS) is 12.1. The molecule has 0 saturated heterocycles. The van der Waals surface area contributed by atoms with Crippen molar-refractivity contribution in [3.05, 3.63) is 83.9 Å². The molecule has 110 valence electrons. The Hall–Kier alpha value is -2.53. The highest BCUT2D eigenvalue weighted by molar-refractivity contribution is 6.49. The van der Waals surface area contributed by atoms with E-state index in [4.69, 9.17) is 11.6 Å². The smallest absolute Gasteiger partial charge is 0.140 e. The average molecular weight is 318 g/mol. The molecule has 0 aliphatic carbocycles. The van der Waals surface area contributed by atoms with Crippen LogP contribution in [-0.2, 0) is 0 Å². The first-order valence-electron chi connectivity index (χ1n) is 6.42. The molecular formula is C16H10ClF2N3. The Bertz CT molecular complexity index is 812. The minimum absolute atomic E-state index is 0.175. The molecule has 1 aromatic heterocycles. The molecule has 0 spiro atoms. The van der Waals surface area contributed by atoms with Gasteiger partial charge in [0.2, 0.25) is 0 Å². The van der Waals surface area contributed by atoms with Crippen LogP contribution < -0.4 is 0 Å². The number of halogens is 3. The van der Waals surface area contributed by atoms with Crippen molar-refractivity contribution in [2.24, 2.45) is 0 Å². The Balaban J connectivity index is 2.26. The molecule has 0 amide bonds. The topological polar surface area (TPSA) is 30.7 Å². The van der Waals surface area contributed by atoms with Crippen LogP contribution in [0.3, 0.4) is 0 Å². The summed E-state index contributed by atoms with van der Waals surface area (Å²) in [7, 11) is 0. The molecule has 3 aromatic rings. The molecular weight excluding hydrogens is 308 g/mol. The minimum Gasteiger partial charge on any atom is -0.223 e. The molecule has 0 aliphatic rings. The lowest BCUT2D eigenvalue weighted by molar-refractivity contribution is 0.624. The van der Waals surface area contributed by atoms with Crippen molar-refractivity contribution in [2.45, 2.75) is 0 Å². The van der Waals surface area contributed by atoms with Crippen molar-refractivity contribution in [2.75, 3.05) is 0 Å². The van der Waals surface area contributed by atoms with E-state index in [0.717, 1.165) is 0 Å². The highest BCUT2D eigenvalue weighted by Gasteiger charge is 2.16. The van der Waals surface area contributed by atoms with Crippen molar-refractivity contribution in [3.8, 4) is 0 Å². The fraction of sp³-hybridized carbons (Fsp3) is 0.